The third-order valence-corrected chi connectivity index (χ3v) is 15.4. The number of carbonyl (C=O) groups excluding carboxylic acids is 5. The van der Waals surface area contributed by atoms with Crippen LogP contribution in [0.3, 0.4) is 0 Å². The number of aliphatic hydroxyl groups excluding tert-OH is 2. The molecule has 11 atom stereocenters. The molecule has 402 valence electrons. The lowest BCUT2D eigenvalue weighted by Crippen LogP contribution is -2.82. The van der Waals surface area contributed by atoms with E-state index < -0.39 is 107 Å². The number of nitrogens with two attached hydrogens (primary N) is 1. The molecule has 18 nitrogen and oxygen atoms in total. The van der Waals surface area contributed by atoms with Crippen LogP contribution in [0.25, 0.3) is 0 Å². The highest BCUT2D eigenvalue weighted by atomic mass is 16.6. The van der Waals surface area contributed by atoms with E-state index in [9.17, 15) is 34.5 Å². The predicted molar refractivity (Wildman–Crippen MR) is 267 cm³/mol. The zero-order valence-electron chi connectivity index (χ0n) is 42.9. The van der Waals surface area contributed by atoms with E-state index in [1.807, 2.05) is 0 Å². The average Bonchev–Trinajstić information content (AvgIpc) is 3.39. The molecule has 0 aromatic heterocycles. The summed E-state index contributed by atoms with van der Waals surface area (Å²) in [4.78, 5) is 71.9. The van der Waals surface area contributed by atoms with Crippen molar-refractivity contribution in [3.63, 3.8) is 0 Å². The first kappa shape index (κ1) is 56.3. The Morgan fingerprint density at radius 2 is 1.36 bits per heavy atom. The second-order valence-corrected chi connectivity index (χ2v) is 20.3. The van der Waals surface area contributed by atoms with Crippen molar-refractivity contribution in [1.82, 2.24) is 5.32 Å². The largest absolute Gasteiger partial charge is 0.456 e. The Morgan fingerprint density at radius 1 is 0.797 bits per heavy atom. The Hall–Kier alpha value is -5.41. The van der Waals surface area contributed by atoms with E-state index >= 15 is 4.79 Å². The predicted octanol–water partition coefficient (Wildman–Crippen LogP) is 4.37. The maximum absolute atomic E-state index is 16.0. The van der Waals surface area contributed by atoms with Crippen LogP contribution >= 0.6 is 0 Å². The zero-order chi connectivity index (χ0) is 53.3. The summed E-state index contributed by atoms with van der Waals surface area (Å²) in [7, 11) is 0. The lowest BCUT2D eigenvalue weighted by molar-refractivity contribution is -0.346. The van der Waals surface area contributed by atoms with Gasteiger partial charge in [0.15, 0.2) is 17.5 Å². The summed E-state index contributed by atoms with van der Waals surface area (Å²) < 4.78 is 48.5. The van der Waals surface area contributed by atoms with Crippen molar-refractivity contribution >= 4 is 29.6 Å². The maximum atomic E-state index is 16.0. The SMILES string of the molecule is CC(=O)O[C@@]12COC1C[C@H](O)C1(C)C(=O)[C@H](OCCCCOCCOCCOCCCN)C3=C(C)[C@@H](OC(=O)[C@H](O)[C@@H](NC(=O)c4ccccc4)c4ccccc4)C[C@@](O)([C@@H](OC(=O)c4ccccc4)[C@@H]12)C3(C)C. The van der Waals surface area contributed by atoms with Gasteiger partial charge in [-0.15, -0.1) is 0 Å². The fraction of sp³-hybridized carbons (Fsp3) is 0.554. The van der Waals surface area contributed by atoms with Gasteiger partial charge in [-0.25, -0.2) is 9.59 Å². The van der Waals surface area contributed by atoms with Gasteiger partial charge in [-0.1, -0.05) is 80.6 Å². The number of carbonyl (C=O) groups is 5. The number of esters is 3. The number of nitrogens with one attached hydrogen (secondary N) is 1. The molecule has 2 unspecified atom stereocenters. The minimum absolute atomic E-state index is 0.00514. The van der Waals surface area contributed by atoms with Crippen LogP contribution in [0.15, 0.2) is 102 Å². The van der Waals surface area contributed by atoms with Crippen molar-refractivity contribution in [2.24, 2.45) is 22.5 Å². The minimum atomic E-state index is -2.33. The summed E-state index contributed by atoms with van der Waals surface area (Å²) in [5, 5.41) is 41.1. The number of amides is 1. The van der Waals surface area contributed by atoms with Crippen LogP contribution in [-0.2, 0) is 52.3 Å². The lowest BCUT2D eigenvalue weighted by Gasteiger charge is -2.67. The summed E-state index contributed by atoms with van der Waals surface area (Å²) in [6.45, 7) is 10.5. The molecule has 1 saturated heterocycles. The number of ether oxygens (including phenoxy) is 8. The number of hydrogen-bond acceptors (Lipinski definition) is 17. The summed E-state index contributed by atoms with van der Waals surface area (Å²) in [5.74, 6) is -5.53. The van der Waals surface area contributed by atoms with Crippen molar-refractivity contribution in [2.75, 3.05) is 59.4 Å². The van der Waals surface area contributed by atoms with Gasteiger partial charge in [0.2, 0.25) is 0 Å². The van der Waals surface area contributed by atoms with Gasteiger partial charge >= 0.3 is 17.9 Å². The van der Waals surface area contributed by atoms with Gasteiger partial charge in [-0.05, 0) is 80.6 Å². The summed E-state index contributed by atoms with van der Waals surface area (Å²) >= 11 is 0. The standard InChI is InChI=1S/C56H72N2O16/c1-35-40(72-52(65)45(61)44(37-18-9-6-10-19-37)58-50(63)38-20-11-7-12-21-38)33-56(66)49(73-51(64)39-22-13-8-14-23-39)47-54(5,41(60)32-42-55(47,34-71-42)74-36(2)59)48(62)46(43(35)53(56,3)4)70-27-16-15-25-67-28-30-69-31-29-68-26-17-24-57/h6-14,18-23,40-42,44-47,49,60-61,66H,15-17,24-34,57H2,1-5H3,(H,58,63)/t40-,41-,42?,44-,45+,46+,47-,49-,54?,55-,56+/m0/s1. The summed E-state index contributed by atoms with van der Waals surface area (Å²) in [5.41, 5.74) is -0.806. The van der Waals surface area contributed by atoms with E-state index in [2.05, 4.69) is 5.32 Å². The Labute approximate surface area is 432 Å². The molecule has 0 radical (unpaired) electrons. The molecule has 4 aliphatic rings. The van der Waals surface area contributed by atoms with Crippen LogP contribution in [0.1, 0.15) is 99.0 Å². The van der Waals surface area contributed by atoms with Gasteiger partial charge in [0.1, 0.15) is 30.0 Å². The highest BCUT2D eigenvalue weighted by molar-refractivity contribution is 5.95. The molecule has 1 amide bonds. The Morgan fingerprint density at radius 3 is 1.95 bits per heavy atom. The topological polar surface area (TPSA) is 258 Å². The highest BCUT2D eigenvalue weighted by Gasteiger charge is 2.78. The third-order valence-electron chi connectivity index (χ3n) is 15.4. The molecule has 3 aliphatic carbocycles. The number of hydrogen-bond donors (Lipinski definition) is 5. The van der Waals surface area contributed by atoms with Gasteiger partial charge in [0.05, 0.1) is 62.1 Å². The Kier molecular flexibility index (Phi) is 18.7. The molecule has 3 aromatic rings. The van der Waals surface area contributed by atoms with Crippen LogP contribution in [0.5, 0.6) is 0 Å². The second kappa shape index (κ2) is 24.5. The molecule has 74 heavy (non-hydrogen) atoms. The maximum Gasteiger partial charge on any atom is 0.338 e. The van der Waals surface area contributed by atoms with Crippen LogP contribution in [-0.4, -0.2) is 152 Å². The molecule has 2 saturated carbocycles. The van der Waals surface area contributed by atoms with Gasteiger partial charge in [-0.2, -0.15) is 0 Å². The number of benzene rings is 3. The van der Waals surface area contributed by atoms with Gasteiger partial charge in [-0.3, -0.25) is 14.4 Å². The molecule has 2 bridgehead atoms. The van der Waals surface area contributed by atoms with Gasteiger partial charge in [0, 0.05) is 50.6 Å². The lowest BCUT2D eigenvalue weighted by atomic mass is 9.44. The Balaban J connectivity index is 1.26. The molecular weight excluding hydrogens is 957 g/mol. The van der Waals surface area contributed by atoms with Crippen molar-refractivity contribution in [2.45, 2.75) is 121 Å². The highest BCUT2D eigenvalue weighted by Crippen LogP contribution is 2.64. The van der Waals surface area contributed by atoms with Crippen molar-refractivity contribution in [1.29, 1.82) is 0 Å². The number of Topliss-reactive ketones (excluding diaryl/α,β-unsaturated/α-hetero) is 1. The van der Waals surface area contributed by atoms with E-state index in [1.165, 1.54) is 26.0 Å². The number of unbranched alkanes of at least 4 members (excludes halogenated alkanes) is 1. The first-order chi connectivity index (χ1) is 35.4. The van der Waals surface area contributed by atoms with Crippen molar-refractivity contribution in [3.8, 4) is 0 Å². The monoisotopic (exact) mass is 1030 g/mol. The summed E-state index contributed by atoms with van der Waals surface area (Å²) in [6, 6.07) is 23.4. The van der Waals surface area contributed by atoms with Crippen LogP contribution in [0.2, 0.25) is 0 Å². The van der Waals surface area contributed by atoms with Crippen LogP contribution < -0.4 is 11.1 Å². The van der Waals surface area contributed by atoms with Crippen molar-refractivity contribution < 1.29 is 77.2 Å². The van der Waals surface area contributed by atoms with Crippen molar-refractivity contribution in [3.05, 3.63) is 119 Å². The zero-order valence-corrected chi connectivity index (χ0v) is 42.9. The van der Waals surface area contributed by atoms with Gasteiger partial charge < -0.3 is 64.3 Å². The molecule has 3 fully saturated rings. The fourth-order valence-electron chi connectivity index (χ4n) is 11.3. The molecule has 1 aliphatic heterocycles. The smallest absolute Gasteiger partial charge is 0.338 e. The van der Waals surface area contributed by atoms with Crippen LogP contribution in [0.4, 0.5) is 0 Å². The van der Waals surface area contributed by atoms with E-state index in [1.54, 1.807) is 99.6 Å². The first-order valence-corrected chi connectivity index (χ1v) is 25.5. The molecule has 3 aromatic carbocycles. The van der Waals surface area contributed by atoms with Gasteiger partial charge in [0.25, 0.3) is 5.91 Å². The number of fused-ring (bicyclic) bond motifs is 5. The molecular formula is C56H72N2O16. The molecule has 0 spiro atoms. The quantitative estimate of drug-likeness (QED) is 0.0361. The first-order valence-electron chi connectivity index (χ1n) is 25.5. The van der Waals surface area contributed by atoms with E-state index in [-0.39, 0.29) is 36.3 Å². The van der Waals surface area contributed by atoms with Crippen LogP contribution in [0, 0.1) is 16.7 Å². The molecule has 1 heterocycles. The summed E-state index contributed by atoms with van der Waals surface area (Å²) in [6.07, 6.45) is -8.15. The molecule has 7 rings (SSSR count). The number of rotatable bonds is 24. The average molecular weight is 1030 g/mol. The number of ketones is 1. The third kappa shape index (κ3) is 11.5. The minimum Gasteiger partial charge on any atom is -0.456 e. The van der Waals surface area contributed by atoms with E-state index in [0.717, 1.165) is 6.42 Å². The molecule has 6 N–H and O–H groups in total. The van der Waals surface area contributed by atoms with E-state index in [0.29, 0.717) is 70.2 Å². The Bertz CT molecular complexity index is 2440. The normalized spacial score (nSPS) is 28.7. The van der Waals surface area contributed by atoms with E-state index in [4.69, 9.17) is 43.6 Å². The fourth-order valence-corrected chi connectivity index (χ4v) is 11.3. The molecule has 18 heteroatoms. The second-order valence-electron chi connectivity index (χ2n) is 20.3. The number of aliphatic hydroxyl groups is 3.